The number of carbonyl (C=O) groups is 1. The van der Waals surface area contributed by atoms with Crippen molar-refractivity contribution in [3.63, 3.8) is 0 Å². The predicted molar refractivity (Wildman–Crippen MR) is 113 cm³/mol. The standard InChI is InChI=1S/C21H28N6O2/c1-17-22-19(25-9-7-24(2)8-10-25)16-20(23-17)26-11-13-27(14-12-26)21(28)6-5-18-4-3-15-29-18/h3-6,15-16H,7-14H2,1-2H3/b6-5+. The van der Waals surface area contributed by atoms with Crippen LogP contribution in [0.3, 0.4) is 0 Å². The lowest BCUT2D eigenvalue weighted by Crippen LogP contribution is -2.49. The first kappa shape index (κ1) is 19.4. The lowest BCUT2D eigenvalue weighted by molar-refractivity contribution is -0.126. The van der Waals surface area contributed by atoms with E-state index in [1.807, 2.05) is 24.0 Å². The molecule has 0 aliphatic carbocycles. The molecule has 1 amide bonds. The first-order valence-electron chi connectivity index (χ1n) is 10.1. The summed E-state index contributed by atoms with van der Waals surface area (Å²) in [4.78, 5) is 30.5. The first-order valence-corrected chi connectivity index (χ1v) is 10.1. The van der Waals surface area contributed by atoms with Crippen LogP contribution in [0.5, 0.6) is 0 Å². The number of hydrogen-bond acceptors (Lipinski definition) is 7. The molecule has 8 nitrogen and oxygen atoms in total. The summed E-state index contributed by atoms with van der Waals surface area (Å²) in [5.74, 6) is 3.43. The van der Waals surface area contributed by atoms with E-state index in [1.54, 1.807) is 18.4 Å². The zero-order valence-corrected chi connectivity index (χ0v) is 17.1. The first-order chi connectivity index (χ1) is 14.1. The lowest BCUT2D eigenvalue weighted by atomic mass is 10.2. The number of likely N-dealkylation sites (N-methyl/N-ethyl adjacent to an activating group) is 1. The Morgan fingerprint density at radius 3 is 2.21 bits per heavy atom. The van der Waals surface area contributed by atoms with Crippen LogP contribution in [0.1, 0.15) is 11.6 Å². The van der Waals surface area contributed by atoms with Gasteiger partial charge in [-0.15, -0.1) is 0 Å². The Balaban J connectivity index is 1.37. The lowest BCUT2D eigenvalue weighted by Gasteiger charge is -2.36. The summed E-state index contributed by atoms with van der Waals surface area (Å²) in [5.41, 5.74) is 0. The summed E-state index contributed by atoms with van der Waals surface area (Å²) in [5, 5.41) is 0. The van der Waals surface area contributed by atoms with E-state index >= 15 is 0 Å². The predicted octanol–water partition coefficient (Wildman–Crippen LogP) is 1.49. The van der Waals surface area contributed by atoms with Crippen LogP contribution in [0.2, 0.25) is 0 Å². The quantitative estimate of drug-likeness (QED) is 0.726. The highest BCUT2D eigenvalue weighted by atomic mass is 16.3. The van der Waals surface area contributed by atoms with Crippen LogP contribution in [0.4, 0.5) is 11.6 Å². The van der Waals surface area contributed by atoms with Gasteiger partial charge in [-0.25, -0.2) is 9.97 Å². The van der Waals surface area contributed by atoms with Gasteiger partial charge in [0.25, 0.3) is 0 Å². The molecule has 0 atom stereocenters. The Morgan fingerprint density at radius 1 is 1.00 bits per heavy atom. The van der Waals surface area contributed by atoms with E-state index in [9.17, 15) is 4.79 Å². The molecule has 0 unspecified atom stereocenters. The molecule has 4 rings (SSSR count). The van der Waals surface area contributed by atoms with Crippen molar-refractivity contribution in [2.75, 3.05) is 69.2 Å². The van der Waals surface area contributed by atoms with Crippen molar-refractivity contribution in [3.05, 3.63) is 42.1 Å². The second-order valence-corrected chi connectivity index (χ2v) is 7.58. The summed E-state index contributed by atoms with van der Waals surface area (Å²) in [6.07, 6.45) is 4.89. The Labute approximate surface area is 171 Å². The summed E-state index contributed by atoms with van der Waals surface area (Å²) < 4.78 is 5.24. The van der Waals surface area contributed by atoms with Gasteiger partial charge in [0.1, 0.15) is 23.2 Å². The van der Waals surface area contributed by atoms with Crippen LogP contribution in [-0.2, 0) is 4.79 Å². The Bertz CT molecular complexity index is 850. The van der Waals surface area contributed by atoms with Crippen molar-refractivity contribution in [1.82, 2.24) is 19.8 Å². The number of carbonyl (C=O) groups excluding carboxylic acids is 1. The monoisotopic (exact) mass is 396 g/mol. The minimum Gasteiger partial charge on any atom is -0.465 e. The summed E-state index contributed by atoms with van der Waals surface area (Å²) in [6.45, 7) is 8.88. The second kappa shape index (κ2) is 8.65. The Morgan fingerprint density at radius 2 is 1.62 bits per heavy atom. The van der Waals surface area contributed by atoms with E-state index in [0.29, 0.717) is 18.8 Å². The highest BCUT2D eigenvalue weighted by Crippen LogP contribution is 2.21. The molecule has 2 aromatic heterocycles. The van der Waals surface area contributed by atoms with E-state index in [-0.39, 0.29) is 5.91 Å². The van der Waals surface area contributed by atoms with Crippen LogP contribution in [0.25, 0.3) is 6.08 Å². The molecule has 154 valence electrons. The molecule has 2 fully saturated rings. The number of aryl methyl sites for hydroxylation is 1. The Kier molecular flexibility index (Phi) is 5.80. The van der Waals surface area contributed by atoms with Crippen molar-refractivity contribution in [2.45, 2.75) is 6.92 Å². The fraction of sp³-hybridized carbons (Fsp3) is 0.476. The molecule has 4 heterocycles. The number of hydrogen-bond donors (Lipinski definition) is 0. The fourth-order valence-electron chi connectivity index (χ4n) is 3.70. The molecule has 0 saturated carbocycles. The van der Waals surface area contributed by atoms with Gasteiger partial charge in [-0.2, -0.15) is 0 Å². The third kappa shape index (κ3) is 4.76. The van der Waals surface area contributed by atoms with E-state index in [2.05, 4.69) is 37.8 Å². The third-order valence-electron chi connectivity index (χ3n) is 5.49. The fourth-order valence-corrected chi connectivity index (χ4v) is 3.70. The van der Waals surface area contributed by atoms with Crippen molar-refractivity contribution in [1.29, 1.82) is 0 Å². The number of furan rings is 1. The molecule has 0 radical (unpaired) electrons. The number of rotatable bonds is 4. The molecule has 2 aliphatic rings. The topological polar surface area (TPSA) is 69.0 Å². The second-order valence-electron chi connectivity index (χ2n) is 7.58. The van der Waals surface area contributed by atoms with Crippen LogP contribution < -0.4 is 9.80 Å². The number of anilines is 2. The molecule has 0 N–H and O–H groups in total. The van der Waals surface area contributed by atoms with Crippen LogP contribution in [-0.4, -0.2) is 85.1 Å². The van der Waals surface area contributed by atoms with Gasteiger partial charge in [-0.3, -0.25) is 4.79 Å². The third-order valence-corrected chi connectivity index (χ3v) is 5.49. The van der Waals surface area contributed by atoms with Gasteiger partial charge in [-0.05, 0) is 32.2 Å². The van der Waals surface area contributed by atoms with Gasteiger partial charge in [-0.1, -0.05) is 0 Å². The zero-order chi connectivity index (χ0) is 20.2. The molecule has 8 heteroatoms. The van der Waals surface area contributed by atoms with Crippen molar-refractivity contribution in [3.8, 4) is 0 Å². The number of aromatic nitrogens is 2. The van der Waals surface area contributed by atoms with E-state index in [0.717, 1.165) is 56.7 Å². The van der Waals surface area contributed by atoms with E-state index in [4.69, 9.17) is 4.42 Å². The van der Waals surface area contributed by atoms with Crippen LogP contribution in [0.15, 0.2) is 35.0 Å². The maximum atomic E-state index is 12.4. The SMILES string of the molecule is Cc1nc(N2CCN(C)CC2)cc(N2CCN(C(=O)/C=C/c3ccco3)CC2)n1. The normalized spacial score (nSPS) is 18.6. The van der Waals surface area contributed by atoms with Crippen LogP contribution in [0, 0.1) is 6.92 Å². The minimum atomic E-state index is 0.0121. The summed E-state index contributed by atoms with van der Waals surface area (Å²) in [6, 6.07) is 5.73. The maximum Gasteiger partial charge on any atom is 0.246 e. The largest absolute Gasteiger partial charge is 0.465 e. The molecule has 0 spiro atoms. The van der Waals surface area contributed by atoms with E-state index < -0.39 is 0 Å². The van der Waals surface area contributed by atoms with Gasteiger partial charge < -0.3 is 24.0 Å². The molecule has 2 saturated heterocycles. The molecular formula is C21H28N6O2. The van der Waals surface area contributed by atoms with Crippen LogP contribution >= 0.6 is 0 Å². The van der Waals surface area contributed by atoms with Gasteiger partial charge >= 0.3 is 0 Å². The molecule has 0 aromatic carbocycles. The van der Waals surface area contributed by atoms with E-state index in [1.165, 1.54) is 0 Å². The number of piperazine rings is 2. The van der Waals surface area contributed by atoms with Gasteiger partial charge in [0, 0.05) is 64.5 Å². The summed E-state index contributed by atoms with van der Waals surface area (Å²) in [7, 11) is 2.15. The average Bonchev–Trinajstić information content (AvgIpc) is 3.26. The molecule has 0 bridgehead atoms. The molecule has 29 heavy (non-hydrogen) atoms. The average molecular weight is 396 g/mol. The van der Waals surface area contributed by atoms with Gasteiger partial charge in [0.15, 0.2) is 0 Å². The molecule has 2 aromatic rings. The Hall–Kier alpha value is -2.87. The highest BCUT2D eigenvalue weighted by molar-refractivity contribution is 5.91. The van der Waals surface area contributed by atoms with Crippen molar-refractivity contribution in [2.24, 2.45) is 0 Å². The number of amides is 1. The molecule has 2 aliphatic heterocycles. The molecular weight excluding hydrogens is 368 g/mol. The smallest absolute Gasteiger partial charge is 0.246 e. The summed E-state index contributed by atoms with van der Waals surface area (Å²) >= 11 is 0. The highest BCUT2D eigenvalue weighted by Gasteiger charge is 2.23. The van der Waals surface area contributed by atoms with Crippen molar-refractivity contribution < 1.29 is 9.21 Å². The zero-order valence-electron chi connectivity index (χ0n) is 17.1. The van der Waals surface area contributed by atoms with Gasteiger partial charge in [0.05, 0.1) is 6.26 Å². The maximum absolute atomic E-state index is 12.4. The van der Waals surface area contributed by atoms with Crippen molar-refractivity contribution >= 4 is 23.6 Å². The van der Waals surface area contributed by atoms with Gasteiger partial charge in [0.2, 0.25) is 5.91 Å². The number of nitrogens with zero attached hydrogens (tertiary/aromatic N) is 6. The minimum absolute atomic E-state index is 0.0121.